The van der Waals surface area contributed by atoms with Crippen LogP contribution in [-0.4, -0.2) is 9.55 Å². The summed E-state index contributed by atoms with van der Waals surface area (Å²) in [7, 11) is 0. The molecule has 0 saturated heterocycles. The van der Waals surface area contributed by atoms with E-state index in [2.05, 4.69) is 27.0 Å². The Balaban J connectivity index is 2.42. The summed E-state index contributed by atoms with van der Waals surface area (Å²) in [5.41, 5.74) is 8.57. The Labute approximate surface area is 128 Å². The first-order valence-electron chi connectivity index (χ1n) is 5.74. The summed E-state index contributed by atoms with van der Waals surface area (Å²) in [5, 5.41) is 9.79. The zero-order chi connectivity index (χ0) is 14.3. The van der Waals surface area contributed by atoms with Crippen molar-refractivity contribution in [1.82, 2.24) is 9.55 Å². The van der Waals surface area contributed by atoms with Crippen LogP contribution in [0.4, 0.5) is 5.95 Å². The number of para-hydroxylation sites is 1. The number of benzene rings is 2. The lowest BCUT2D eigenvalue weighted by Gasteiger charge is -2.09. The topological polar surface area (TPSA) is 67.6 Å². The fourth-order valence-corrected chi connectivity index (χ4v) is 2.68. The lowest BCUT2D eigenvalue weighted by Crippen LogP contribution is -2.02. The molecule has 0 aliphatic heterocycles. The highest BCUT2D eigenvalue weighted by Crippen LogP contribution is 2.30. The van der Waals surface area contributed by atoms with Gasteiger partial charge >= 0.3 is 0 Å². The lowest BCUT2D eigenvalue weighted by molar-refractivity contribution is 1.10. The third-order valence-corrected chi connectivity index (χ3v) is 3.78. The predicted octanol–water partition coefficient (Wildman–Crippen LogP) is 3.90. The third kappa shape index (κ3) is 1.94. The van der Waals surface area contributed by atoms with Crippen LogP contribution >= 0.6 is 27.5 Å². The van der Waals surface area contributed by atoms with Gasteiger partial charge in [0, 0.05) is 4.47 Å². The van der Waals surface area contributed by atoms with E-state index >= 15 is 0 Å². The van der Waals surface area contributed by atoms with Crippen molar-refractivity contribution in [3.63, 3.8) is 0 Å². The molecule has 1 aromatic heterocycles. The highest BCUT2D eigenvalue weighted by atomic mass is 79.9. The molecule has 0 fully saturated rings. The second kappa shape index (κ2) is 4.82. The van der Waals surface area contributed by atoms with Crippen LogP contribution < -0.4 is 5.73 Å². The van der Waals surface area contributed by atoms with E-state index in [1.165, 1.54) is 0 Å². The largest absolute Gasteiger partial charge is 0.369 e. The van der Waals surface area contributed by atoms with E-state index in [-0.39, 0.29) is 0 Å². The van der Waals surface area contributed by atoms with Gasteiger partial charge in [-0.1, -0.05) is 33.6 Å². The minimum Gasteiger partial charge on any atom is -0.369 e. The van der Waals surface area contributed by atoms with E-state index < -0.39 is 0 Å². The smallest absolute Gasteiger partial charge is 0.206 e. The van der Waals surface area contributed by atoms with E-state index in [0.29, 0.717) is 27.7 Å². The molecule has 3 aromatic rings. The second-order valence-electron chi connectivity index (χ2n) is 4.19. The SMILES string of the molecule is N#Cc1ccc(Br)cc1-n1c(N)nc2c(Cl)cccc21. The number of nitriles is 1. The molecule has 2 aromatic carbocycles. The van der Waals surface area contributed by atoms with Crippen molar-refractivity contribution < 1.29 is 0 Å². The minimum atomic E-state index is 0.294. The molecule has 0 aliphatic rings. The Morgan fingerprint density at radius 1 is 1.30 bits per heavy atom. The summed E-state index contributed by atoms with van der Waals surface area (Å²) in [4.78, 5) is 4.28. The van der Waals surface area contributed by atoms with Gasteiger partial charge in [-0.05, 0) is 30.3 Å². The van der Waals surface area contributed by atoms with Crippen LogP contribution in [0.3, 0.4) is 0 Å². The van der Waals surface area contributed by atoms with Gasteiger partial charge in [0.1, 0.15) is 11.6 Å². The number of halogens is 2. The van der Waals surface area contributed by atoms with Gasteiger partial charge in [-0.3, -0.25) is 4.57 Å². The zero-order valence-corrected chi connectivity index (χ0v) is 12.5. The summed E-state index contributed by atoms with van der Waals surface area (Å²) in [6.07, 6.45) is 0. The van der Waals surface area contributed by atoms with Crippen LogP contribution in [0.2, 0.25) is 5.02 Å². The standard InChI is InChI=1S/C14H8BrClN4/c15-9-5-4-8(7-17)12(6-9)20-11-3-1-2-10(16)13(11)19-14(20)18/h1-6H,(H2,18,19). The van der Waals surface area contributed by atoms with Crippen LogP contribution in [0.25, 0.3) is 16.7 Å². The number of imidazole rings is 1. The van der Waals surface area contributed by atoms with Gasteiger partial charge in [-0.25, -0.2) is 4.98 Å². The fraction of sp³-hybridized carbons (Fsp3) is 0. The first kappa shape index (κ1) is 13.0. The average molecular weight is 348 g/mol. The van der Waals surface area contributed by atoms with Crippen molar-refractivity contribution in [3.05, 3.63) is 51.5 Å². The maximum atomic E-state index is 9.26. The molecule has 20 heavy (non-hydrogen) atoms. The van der Waals surface area contributed by atoms with Crippen LogP contribution in [-0.2, 0) is 0 Å². The van der Waals surface area contributed by atoms with Crippen LogP contribution in [0.15, 0.2) is 40.9 Å². The number of nitrogens with two attached hydrogens (primary N) is 1. The van der Waals surface area contributed by atoms with E-state index in [1.54, 1.807) is 16.7 Å². The molecular weight excluding hydrogens is 340 g/mol. The number of nitrogens with zero attached hydrogens (tertiary/aromatic N) is 3. The molecule has 0 radical (unpaired) electrons. The molecule has 2 N–H and O–H groups in total. The Hall–Kier alpha value is -2.03. The van der Waals surface area contributed by atoms with Crippen molar-refractivity contribution in [3.8, 4) is 11.8 Å². The summed E-state index contributed by atoms with van der Waals surface area (Å²) in [6.45, 7) is 0. The maximum absolute atomic E-state index is 9.26. The molecule has 3 rings (SSSR count). The fourth-order valence-electron chi connectivity index (χ4n) is 2.12. The molecule has 0 atom stereocenters. The lowest BCUT2D eigenvalue weighted by atomic mass is 10.2. The Bertz CT molecular complexity index is 863. The molecule has 6 heteroatoms. The molecule has 0 spiro atoms. The molecule has 0 saturated carbocycles. The van der Waals surface area contributed by atoms with Crippen molar-refractivity contribution in [2.45, 2.75) is 0 Å². The average Bonchev–Trinajstić information content (AvgIpc) is 2.76. The summed E-state index contributed by atoms with van der Waals surface area (Å²) in [6, 6.07) is 13.0. The van der Waals surface area contributed by atoms with E-state index in [4.69, 9.17) is 17.3 Å². The summed E-state index contributed by atoms with van der Waals surface area (Å²) >= 11 is 9.53. The first-order valence-corrected chi connectivity index (χ1v) is 6.91. The molecule has 0 bridgehead atoms. The molecule has 0 amide bonds. The van der Waals surface area contributed by atoms with E-state index in [0.717, 1.165) is 9.99 Å². The minimum absolute atomic E-state index is 0.294. The number of rotatable bonds is 1. The number of hydrogen-bond acceptors (Lipinski definition) is 3. The zero-order valence-electron chi connectivity index (χ0n) is 10.1. The molecule has 4 nitrogen and oxygen atoms in total. The van der Waals surface area contributed by atoms with Crippen molar-refractivity contribution in [2.24, 2.45) is 0 Å². The van der Waals surface area contributed by atoms with Crippen molar-refractivity contribution in [2.75, 3.05) is 5.73 Å². The van der Waals surface area contributed by atoms with Gasteiger partial charge in [0.05, 0.1) is 21.8 Å². The normalized spacial score (nSPS) is 10.7. The molecule has 0 unspecified atom stereocenters. The van der Waals surface area contributed by atoms with E-state index in [9.17, 15) is 5.26 Å². The van der Waals surface area contributed by atoms with Crippen LogP contribution in [0.5, 0.6) is 0 Å². The third-order valence-electron chi connectivity index (χ3n) is 2.98. The van der Waals surface area contributed by atoms with Crippen molar-refractivity contribution >= 4 is 44.5 Å². The number of fused-ring (bicyclic) bond motifs is 1. The molecule has 1 heterocycles. The van der Waals surface area contributed by atoms with Crippen LogP contribution in [0.1, 0.15) is 5.56 Å². The monoisotopic (exact) mass is 346 g/mol. The molecular formula is C14H8BrClN4. The van der Waals surface area contributed by atoms with Gasteiger partial charge in [-0.15, -0.1) is 0 Å². The van der Waals surface area contributed by atoms with E-state index in [1.807, 2.05) is 24.3 Å². The quantitative estimate of drug-likeness (QED) is 0.726. The maximum Gasteiger partial charge on any atom is 0.206 e. The molecule has 98 valence electrons. The number of anilines is 1. The number of nitrogen functional groups attached to an aromatic ring is 1. The second-order valence-corrected chi connectivity index (χ2v) is 5.51. The highest BCUT2D eigenvalue weighted by Gasteiger charge is 2.15. The Kier molecular flexibility index (Phi) is 3.13. The summed E-state index contributed by atoms with van der Waals surface area (Å²) in [5.74, 6) is 0.294. The molecule has 0 aliphatic carbocycles. The Morgan fingerprint density at radius 3 is 2.85 bits per heavy atom. The van der Waals surface area contributed by atoms with Crippen LogP contribution in [0, 0.1) is 11.3 Å². The number of aromatic nitrogens is 2. The summed E-state index contributed by atoms with van der Waals surface area (Å²) < 4.78 is 2.58. The van der Waals surface area contributed by atoms with Crippen molar-refractivity contribution in [1.29, 1.82) is 5.26 Å². The predicted molar refractivity (Wildman–Crippen MR) is 82.9 cm³/mol. The van der Waals surface area contributed by atoms with Gasteiger partial charge in [0.25, 0.3) is 0 Å². The van der Waals surface area contributed by atoms with Gasteiger partial charge in [0.2, 0.25) is 5.95 Å². The van der Waals surface area contributed by atoms with Gasteiger partial charge < -0.3 is 5.73 Å². The van der Waals surface area contributed by atoms with Gasteiger partial charge in [-0.2, -0.15) is 5.26 Å². The number of hydrogen-bond donors (Lipinski definition) is 1. The Morgan fingerprint density at radius 2 is 2.10 bits per heavy atom. The highest BCUT2D eigenvalue weighted by molar-refractivity contribution is 9.10. The van der Waals surface area contributed by atoms with Gasteiger partial charge in [0.15, 0.2) is 0 Å². The first-order chi connectivity index (χ1) is 9.61.